The maximum Gasteiger partial charge on any atom is 0.358 e. The molecule has 0 radical (unpaired) electrons. The molecule has 3 fully saturated rings. The summed E-state index contributed by atoms with van der Waals surface area (Å²) >= 11 is 0. The van der Waals surface area contributed by atoms with Crippen LogP contribution in [-0.4, -0.2) is 59.5 Å². The molecule has 1 amide bonds. The van der Waals surface area contributed by atoms with E-state index >= 15 is 0 Å². The first-order valence-electron chi connectivity index (χ1n) is 11.5. The molecule has 2 heterocycles. The average Bonchev–Trinajstić information content (AvgIpc) is 3.04. The summed E-state index contributed by atoms with van der Waals surface area (Å²) in [4.78, 5) is 39.8. The summed E-state index contributed by atoms with van der Waals surface area (Å²) in [5.41, 5.74) is 0.995. The third kappa shape index (κ3) is 3.89. The van der Waals surface area contributed by atoms with Crippen molar-refractivity contribution >= 4 is 17.8 Å². The van der Waals surface area contributed by atoms with E-state index in [0.717, 1.165) is 56.9 Å². The van der Waals surface area contributed by atoms with Crippen LogP contribution < -0.4 is 0 Å². The third-order valence-corrected chi connectivity index (χ3v) is 7.33. The van der Waals surface area contributed by atoms with Crippen molar-refractivity contribution in [3.63, 3.8) is 0 Å². The number of aliphatic hydroxyl groups excluding tert-OH is 1. The van der Waals surface area contributed by atoms with Crippen LogP contribution in [0.3, 0.4) is 0 Å². The number of carbonyl (C=O) groups excluding carboxylic acids is 3. The van der Waals surface area contributed by atoms with Crippen molar-refractivity contribution < 1.29 is 33.7 Å². The number of hydrogen-bond acceptors (Lipinski definition) is 7. The van der Waals surface area contributed by atoms with Crippen LogP contribution in [0.2, 0.25) is 0 Å². The standard InChI is InChI=1S/C23H33NO7/c1-12(25)17-19-15-10-7-11-16(29-3)18(15)20(24(19)21(17)26)23(28)31-13(2)30-22(27)14-8-5-4-6-9-14/h12-17,19,25H,4-11H2,1-3H3/t12?,13?,15-,16-,17+,19+/m0/s1. The minimum absolute atomic E-state index is 0.0290. The van der Waals surface area contributed by atoms with Gasteiger partial charge in [-0.05, 0) is 44.6 Å². The van der Waals surface area contributed by atoms with Gasteiger partial charge in [-0.25, -0.2) is 4.79 Å². The van der Waals surface area contributed by atoms with Crippen molar-refractivity contribution in [2.24, 2.45) is 17.8 Å². The number of β-lactam (4-membered cyclic amide) rings is 1. The fourth-order valence-electron chi connectivity index (χ4n) is 5.90. The normalized spacial score (nSPS) is 32.6. The molecule has 2 unspecified atom stereocenters. The van der Waals surface area contributed by atoms with E-state index < -0.39 is 24.3 Å². The Balaban J connectivity index is 1.51. The summed E-state index contributed by atoms with van der Waals surface area (Å²) in [6.45, 7) is 3.14. The molecule has 2 saturated carbocycles. The molecule has 6 atom stereocenters. The smallest absolute Gasteiger partial charge is 0.358 e. The van der Waals surface area contributed by atoms with Crippen LogP contribution in [0.1, 0.15) is 65.2 Å². The van der Waals surface area contributed by atoms with E-state index in [2.05, 4.69) is 0 Å². The van der Waals surface area contributed by atoms with Gasteiger partial charge in [0.2, 0.25) is 12.2 Å². The second-order valence-corrected chi connectivity index (χ2v) is 9.28. The second-order valence-electron chi connectivity index (χ2n) is 9.28. The molecular formula is C23H33NO7. The number of esters is 2. The number of methoxy groups -OCH3 is 1. The Morgan fingerprint density at radius 1 is 1.03 bits per heavy atom. The Kier molecular flexibility index (Phi) is 6.40. The molecule has 31 heavy (non-hydrogen) atoms. The highest BCUT2D eigenvalue weighted by Crippen LogP contribution is 2.52. The number of aliphatic hydroxyl groups is 1. The first-order valence-corrected chi connectivity index (χ1v) is 11.5. The number of amides is 1. The largest absolute Gasteiger partial charge is 0.425 e. The molecular weight excluding hydrogens is 402 g/mol. The fraction of sp³-hybridized carbons (Fsp3) is 0.783. The Labute approximate surface area is 182 Å². The van der Waals surface area contributed by atoms with Gasteiger partial charge in [-0.15, -0.1) is 0 Å². The van der Waals surface area contributed by atoms with Gasteiger partial charge in [0.15, 0.2) is 0 Å². The molecule has 2 aliphatic heterocycles. The Morgan fingerprint density at radius 2 is 1.74 bits per heavy atom. The molecule has 172 valence electrons. The van der Waals surface area contributed by atoms with E-state index in [9.17, 15) is 19.5 Å². The molecule has 4 aliphatic rings. The van der Waals surface area contributed by atoms with Crippen LogP contribution in [0.5, 0.6) is 0 Å². The van der Waals surface area contributed by atoms with Crippen molar-refractivity contribution in [2.45, 2.75) is 89.8 Å². The van der Waals surface area contributed by atoms with E-state index in [1.807, 2.05) is 0 Å². The minimum Gasteiger partial charge on any atom is -0.425 e. The molecule has 4 rings (SSSR count). The molecule has 8 heteroatoms. The quantitative estimate of drug-likeness (QED) is 0.388. The molecule has 0 aromatic heterocycles. The van der Waals surface area contributed by atoms with Crippen LogP contribution in [0.4, 0.5) is 0 Å². The zero-order valence-corrected chi connectivity index (χ0v) is 18.5. The molecule has 1 saturated heterocycles. The van der Waals surface area contributed by atoms with Gasteiger partial charge < -0.3 is 24.2 Å². The van der Waals surface area contributed by atoms with Gasteiger partial charge in [-0.3, -0.25) is 9.59 Å². The molecule has 8 nitrogen and oxygen atoms in total. The summed E-state index contributed by atoms with van der Waals surface area (Å²) in [5, 5.41) is 10.1. The lowest BCUT2D eigenvalue weighted by molar-refractivity contribution is -0.189. The van der Waals surface area contributed by atoms with Crippen LogP contribution >= 0.6 is 0 Å². The van der Waals surface area contributed by atoms with Crippen molar-refractivity contribution in [1.82, 2.24) is 4.90 Å². The van der Waals surface area contributed by atoms with E-state index in [-0.39, 0.29) is 41.6 Å². The lowest BCUT2D eigenvalue weighted by Crippen LogP contribution is -2.64. The number of ether oxygens (including phenoxy) is 3. The molecule has 0 aromatic rings. The van der Waals surface area contributed by atoms with Crippen LogP contribution in [0.25, 0.3) is 0 Å². The van der Waals surface area contributed by atoms with Crippen molar-refractivity contribution in [2.75, 3.05) is 7.11 Å². The van der Waals surface area contributed by atoms with E-state index in [0.29, 0.717) is 0 Å². The van der Waals surface area contributed by atoms with Crippen molar-refractivity contribution in [1.29, 1.82) is 0 Å². The van der Waals surface area contributed by atoms with Crippen molar-refractivity contribution in [3.8, 4) is 0 Å². The predicted octanol–water partition coefficient (Wildman–Crippen LogP) is 2.29. The number of rotatable bonds is 6. The maximum atomic E-state index is 13.2. The summed E-state index contributed by atoms with van der Waals surface area (Å²) in [6, 6.07) is -0.247. The molecule has 0 aromatic carbocycles. The molecule has 0 bridgehead atoms. The summed E-state index contributed by atoms with van der Waals surface area (Å²) in [6.07, 6.45) is 5.17. The van der Waals surface area contributed by atoms with Gasteiger partial charge in [-0.1, -0.05) is 19.3 Å². The van der Waals surface area contributed by atoms with E-state index in [4.69, 9.17) is 14.2 Å². The Hall–Kier alpha value is -1.93. The minimum atomic E-state index is -1.04. The zero-order valence-electron chi connectivity index (χ0n) is 18.5. The number of hydrogen-bond donors (Lipinski definition) is 1. The molecule has 2 aliphatic carbocycles. The highest BCUT2D eigenvalue weighted by Gasteiger charge is 2.62. The van der Waals surface area contributed by atoms with E-state index in [1.54, 1.807) is 14.0 Å². The lowest BCUT2D eigenvalue weighted by Gasteiger charge is -2.47. The van der Waals surface area contributed by atoms with Gasteiger partial charge in [0.25, 0.3) is 0 Å². The van der Waals surface area contributed by atoms with Crippen LogP contribution in [-0.2, 0) is 28.6 Å². The second kappa shape index (κ2) is 8.90. The summed E-state index contributed by atoms with van der Waals surface area (Å²) in [7, 11) is 1.60. The van der Waals surface area contributed by atoms with Gasteiger partial charge >= 0.3 is 11.9 Å². The van der Waals surface area contributed by atoms with Gasteiger partial charge in [-0.2, -0.15) is 0 Å². The molecule has 1 N–H and O–H groups in total. The number of fused-ring (bicyclic) bond motifs is 3. The van der Waals surface area contributed by atoms with Gasteiger partial charge in [0.05, 0.1) is 30.1 Å². The fourth-order valence-corrected chi connectivity index (χ4v) is 5.90. The third-order valence-electron chi connectivity index (χ3n) is 7.33. The first kappa shape index (κ1) is 22.3. The highest BCUT2D eigenvalue weighted by molar-refractivity contribution is 6.01. The average molecular weight is 436 g/mol. The first-order chi connectivity index (χ1) is 14.8. The summed E-state index contributed by atoms with van der Waals surface area (Å²) < 4.78 is 16.5. The highest BCUT2D eigenvalue weighted by atomic mass is 16.7. The van der Waals surface area contributed by atoms with E-state index in [1.165, 1.54) is 11.8 Å². The van der Waals surface area contributed by atoms with Gasteiger partial charge in [0.1, 0.15) is 5.70 Å². The lowest BCUT2D eigenvalue weighted by atomic mass is 9.72. The van der Waals surface area contributed by atoms with Crippen molar-refractivity contribution in [3.05, 3.63) is 11.3 Å². The van der Waals surface area contributed by atoms with Crippen LogP contribution in [0.15, 0.2) is 11.3 Å². The summed E-state index contributed by atoms with van der Waals surface area (Å²) in [5.74, 6) is -1.97. The Bertz CT molecular complexity index is 770. The number of nitrogens with zero attached hydrogens (tertiary/aromatic N) is 1. The van der Waals surface area contributed by atoms with Crippen LogP contribution in [0, 0.1) is 17.8 Å². The maximum absolute atomic E-state index is 13.2. The predicted molar refractivity (Wildman–Crippen MR) is 109 cm³/mol. The molecule has 0 spiro atoms. The zero-order chi connectivity index (χ0) is 22.3. The Morgan fingerprint density at radius 3 is 2.39 bits per heavy atom. The monoisotopic (exact) mass is 435 g/mol. The topological polar surface area (TPSA) is 102 Å². The number of carbonyl (C=O) groups is 3. The van der Waals surface area contributed by atoms with Gasteiger partial charge in [0, 0.05) is 20.0 Å². The SMILES string of the molecule is CO[C@H]1CCC[C@H]2C1=C(C(=O)OC(C)OC(=O)C1CCCCC1)N1C(=O)[C@H](C(C)O)[C@@H]21.